The van der Waals surface area contributed by atoms with E-state index in [-0.39, 0.29) is 22.6 Å². The van der Waals surface area contributed by atoms with Crippen molar-refractivity contribution in [3.8, 4) is 0 Å². The van der Waals surface area contributed by atoms with Gasteiger partial charge in [-0.1, -0.05) is 13.8 Å². The fraction of sp³-hybridized carbons (Fsp3) is 0.533. The van der Waals surface area contributed by atoms with E-state index in [1.54, 1.807) is 6.92 Å². The van der Waals surface area contributed by atoms with Crippen LogP contribution in [-0.2, 0) is 0 Å². The van der Waals surface area contributed by atoms with E-state index in [9.17, 15) is 9.59 Å². The summed E-state index contributed by atoms with van der Waals surface area (Å²) in [6, 6.07) is 2.88. The Labute approximate surface area is 118 Å². The van der Waals surface area contributed by atoms with Crippen LogP contribution in [0.2, 0.25) is 0 Å². The van der Waals surface area contributed by atoms with Crippen molar-refractivity contribution >= 4 is 11.9 Å². The van der Waals surface area contributed by atoms with Gasteiger partial charge in [-0.3, -0.25) is 4.79 Å². The standard InChI is InChI=1S/C15H20N2O3/c1-9(2)15(6-7-15)8-16-13(18)12-5-4-11(14(19)20)10(3)17-12/h4-5,9H,6-8H2,1-3H3,(H,16,18)(H,19,20). The van der Waals surface area contributed by atoms with E-state index < -0.39 is 5.97 Å². The summed E-state index contributed by atoms with van der Waals surface area (Å²) < 4.78 is 0. The van der Waals surface area contributed by atoms with Crippen LogP contribution in [0, 0.1) is 18.3 Å². The predicted molar refractivity (Wildman–Crippen MR) is 74.8 cm³/mol. The summed E-state index contributed by atoms with van der Waals surface area (Å²) in [5.41, 5.74) is 0.996. The van der Waals surface area contributed by atoms with Gasteiger partial charge in [-0.15, -0.1) is 0 Å². The van der Waals surface area contributed by atoms with Gasteiger partial charge in [-0.2, -0.15) is 0 Å². The zero-order valence-electron chi connectivity index (χ0n) is 12.1. The Morgan fingerprint density at radius 2 is 2.05 bits per heavy atom. The lowest BCUT2D eigenvalue weighted by atomic mass is 9.92. The Balaban J connectivity index is 2.03. The summed E-state index contributed by atoms with van der Waals surface area (Å²) in [6.07, 6.45) is 2.30. The number of carboxylic acid groups (broad SMARTS) is 1. The van der Waals surface area contributed by atoms with E-state index >= 15 is 0 Å². The molecule has 2 N–H and O–H groups in total. The molecule has 1 aromatic heterocycles. The zero-order chi connectivity index (χ0) is 14.9. The number of amides is 1. The molecule has 1 saturated carbocycles. The molecule has 1 aromatic rings. The number of aryl methyl sites for hydroxylation is 1. The maximum atomic E-state index is 12.1. The molecule has 1 fully saturated rings. The first-order valence-electron chi connectivity index (χ1n) is 6.85. The molecule has 0 atom stereocenters. The number of hydrogen-bond acceptors (Lipinski definition) is 3. The van der Waals surface area contributed by atoms with Crippen LogP contribution in [0.15, 0.2) is 12.1 Å². The summed E-state index contributed by atoms with van der Waals surface area (Å²) in [5.74, 6) is -0.720. The molecule has 5 nitrogen and oxygen atoms in total. The Bertz CT molecular complexity index is 548. The van der Waals surface area contributed by atoms with Crippen molar-refractivity contribution in [3.63, 3.8) is 0 Å². The second kappa shape index (κ2) is 5.23. The Hall–Kier alpha value is -1.91. The molecule has 1 amide bonds. The highest BCUT2D eigenvalue weighted by atomic mass is 16.4. The molecule has 0 spiro atoms. The lowest BCUT2D eigenvalue weighted by molar-refractivity contribution is 0.0694. The first-order valence-corrected chi connectivity index (χ1v) is 6.85. The second-order valence-electron chi connectivity index (χ2n) is 5.83. The van der Waals surface area contributed by atoms with Crippen LogP contribution < -0.4 is 5.32 Å². The van der Waals surface area contributed by atoms with Gasteiger partial charge >= 0.3 is 5.97 Å². The molecule has 0 unspecified atom stereocenters. The van der Waals surface area contributed by atoms with Crippen LogP contribution in [-0.4, -0.2) is 28.5 Å². The minimum Gasteiger partial charge on any atom is -0.478 e. The van der Waals surface area contributed by atoms with Gasteiger partial charge in [0, 0.05) is 6.54 Å². The number of rotatable bonds is 5. The molecule has 2 rings (SSSR count). The fourth-order valence-corrected chi connectivity index (χ4v) is 2.38. The van der Waals surface area contributed by atoms with Gasteiger partial charge < -0.3 is 10.4 Å². The molecule has 0 aromatic carbocycles. The molecular weight excluding hydrogens is 256 g/mol. The quantitative estimate of drug-likeness (QED) is 0.864. The van der Waals surface area contributed by atoms with Crippen molar-refractivity contribution in [2.75, 3.05) is 6.54 Å². The van der Waals surface area contributed by atoms with Gasteiger partial charge in [0.15, 0.2) is 0 Å². The first kappa shape index (κ1) is 14.5. The summed E-state index contributed by atoms with van der Waals surface area (Å²) in [5, 5.41) is 11.8. The Morgan fingerprint density at radius 1 is 1.40 bits per heavy atom. The number of carbonyl (C=O) groups excluding carboxylic acids is 1. The third kappa shape index (κ3) is 2.81. The number of aromatic carboxylic acids is 1. The average molecular weight is 276 g/mol. The molecule has 0 saturated heterocycles. The van der Waals surface area contributed by atoms with E-state index in [0.29, 0.717) is 18.2 Å². The van der Waals surface area contributed by atoms with Gasteiger partial charge in [0.25, 0.3) is 5.91 Å². The minimum absolute atomic E-state index is 0.127. The van der Waals surface area contributed by atoms with Crippen LogP contribution in [0.25, 0.3) is 0 Å². The maximum absolute atomic E-state index is 12.1. The van der Waals surface area contributed by atoms with E-state index in [4.69, 9.17) is 5.11 Å². The summed E-state index contributed by atoms with van der Waals surface area (Å²) >= 11 is 0. The third-order valence-corrected chi connectivity index (χ3v) is 4.27. The van der Waals surface area contributed by atoms with Crippen LogP contribution in [0.5, 0.6) is 0 Å². The molecule has 1 aliphatic rings. The van der Waals surface area contributed by atoms with Crippen molar-refractivity contribution in [1.82, 2.24) is 10.3 Å². The van der Waals surface area contributed by atoms with Gasteiger partial charge in [0.1, 0.15) is 5.69 Å². The number of carboxylic acids is 1. The smallest absolute Gasteiger partial charge is 0.337 e. The van der Waals surface area contributed by atoms with Gasteiger partial charge in [-0.05, 0) is 43.2 Å². The maximum Gasteiger partial charge on any atom is 0.337 e. The molecule has 1 aliphatic carbocycles. The summed E-state index contributed by atoms with van der Waals surface area (Å²) in [6.45, 7) is 6.59. The number of nitrogens with one attached hydrogen (secondary N) is 1. The molecule has 1 heterocycles. The average Bonchev–Trinajstić information content (AvgIpc) is 3.16. The van der Waals surface area contributed by atoms with Crippen molar-refractivity contribution in [1.29, 1.82) is 0 Å². The number of pyridine rings is 1. The second-order valence-corrected chi connectivity index (χ2v) is 5.83. The molecule has 108 valence electrons. The largest absolute Gasteiger partial charge is 0.478 e. The third-order valence-electron chi connectivity index (χ3n) is 4.27. The van der Waals surface area contributed by atoms with Gasteiger partial charge in [0.2, 0.25) is 0 Å². The molecule has 0 aliphatic heterocycles. The lowest BCUT2D eigenvalue weighted by Gasteiger charge is -2.19. The van der Waals surface area contributed by atoms with Gasteiger partial charge in [-0.25, -0.2) is 9.78 Å². The predicted octanol–water partition coefficient (Wildman–Crippen LogP) is 2.25. The highest BCUT2D eigenvalue weighted by molar-refractivity contribution is 5.94. The topological polar surface area (TPSA) is 79.3 Å². The van der Waals surface area contributed by atoms with Crippen molar-refractivity contribution in [2.24, 2.45) is 11.3 Å². The number of nitrogens with zero attached hydrogens (tertiary/aromatic N) is 1. The Kier molecular flexibility index (Phi) is 3.79. The van der Waals surface area contributed by atoms with Crippen molar-refractivity contribution < 1.29 is 14.7 Å². The monoisotopic (exact) mass is 276 g/mol. The normalized spacial score (nSPS) is 16.0. The summed E-state index contributed by atoms with van der Waals surface area (Å²) in [4.78, 5) is 27.0. The van der Waals surface area contributed by atoms with E-state index in [1.165, 1.54) is 12.1 Å². The summed E-state index contributed by atoms with van der Waals surface area (Å²) in [7, 11) is 0. The van der Waals surface area contributed by atoms with Crippen LogP contribution in [0.4, 0.5) is 0 Å². The molecule has 20 heavy (non-hydrogen) atoms. The number of carbonyl (C=O) groups is 2. The highest BCUT2D eigenvalue weighted by Crippen LogP contribution is 2.51. The van der Waals surface area contributed by atoms with Gasteiger partial charge in [0.05, 0.1) is 11.3 Å². The van der Waals surface area contributed by atoms with Crippen LogP contribution >= 0.6 is 0 Å². The van der Waals surface area contributed by atoms with Crippen LogP contribution in [0.3, 0.4) is 0 Å². The van der Waals surface area contributed by atoms with Crippen molar-refractivity contribution in [3.05, 3.63) is 29.1 Å². The first-order chi connectivity index (χ1) is 9.35. The Morgan fingerprint density at radius 3 is 2.50 bits per heavy atom. The SMILES string of the molecule is Cc1nc(C(=O)NCC2(C(C)C)CC2)ccc1C(=O)O. The number of aromatic nitrogens is 1. The lowest BCUT2D eigenvalue weighted by Crippen LogP contribution is -2.33. The van der Waals surface area contributed by atoms with E-state index in [1.807, 2.05) is 0 Å². The zero-order valence-corrected chi connectivity index (χ0v) is 12.1. The molecule has 5 heteroatoms. The van der Waals surface area contributed by atoms with E-state index in [0.717, 1.165) is 12.8 Å². The molecule has 0 radical (unpaired) electrons. The van der Waals surface area contributed by atoms with Crippen molar-refractivity contribution in [2.45, 2.75) is 33.6 Å². The minimum atomic E-state index is -1.03. The molecular formula is C15H20N2O3. The fourth-order valence-electron chi connectivity index (χ4n) is 2.38. The number of hydrogen-bond donors (Lipinski definition) is 2. The van der Waals surface area contributed by atoms with Crippen LogP contribution in [0.1, 0.15) is 53.2 Å². The van der Waals surface area contributed by atoms with E-state index in [2.05, 4.69) is 24.1 Å². The molecule has 0 bridgehead atoms. The highest BCUT2D eigenvalue weighted by Gasteiger charge is 2.45.